The van der Waals surface area contributed by atoms with Gasteiger partial charge in [-0.15, -0.1) is 0 Å². The second-order valence-corrected chi connectivity index (χ2v) is 5.43. The zero-order valence-electron chi connectivity index (χ0n) is 8.66. The Bertz CT molecular complexity index is 322. The Kier molecular flexibility index (Phi) is 2.49. The van der Waals surface area contributed by atoms with E-state index in [1.807, 2.05) is 0 Å². The Morgan fingerprint density at radius 2 is 2.43 bits per heavy atom. The third-order valence-corrected chi connectivity index (χ3v) is 3.83. The molecule has 0 saturated carbocycles. The van der Waals surface area contributed by atoms with Gasteiger partial charge in [0.15, 0.2) is 5.13 Å². The number of nitrogens with zero attached hydrogens (tertiary/aromatic N) is 2. The summed E-state index contributed by atoms with van der Waals surface area (Å²) in [5.41, 5.74) is 0.227. The summed E-state index contributed by atoms with van der Waals surface area (Å²) < 4.78 is 0. The summed E-state index contributed by atoms with van der Waals surface area (Å²) in [6.45, 7) is 5.69. The molecule has 1 aliphatic heterocycles. The fraction of sp³-hybridized carbons (Fsp3) is 0.700. The Balaban J connectivity index is 2.22. The summed E-state index contributed by atoms with van der Waals surface area (Å²) in [6, 6.07) is 0. The molecule has 2 rings (SSSR count). The van der Waals surface area contributed by atoms with Crippen molar-refractivity contribution in [3.63, 3.8) is 0 Å². The van der Waals surface area contributed by atoms with Crippen LogP contribution in [0.25, 0.3) is 0 Å². The highest BCUT2D eigenvalue weighted by molar-refractivity contribution is 7.15. The van der Waals surface area contributed by atoms with Crippen LogP contribution in [0.5, 0.6) is 0 Å². The van der Waals surface area contributed by atoms with Crippen molar-refractivity contribution in [1.82, 2.24) is 4.98 Å². The Labute approximate surface area is 88.4 Å². The third kappa shape index (κ3) is 1.64. The molecule has 1 N–H and O–H groups in total. The van der Waals surface area contributed by atoms with Crippen LogP contribution in [0.2, 0.25) is 0 Å². The van der Waals surface area contributed by atoms with Crippen LogP contribution in [0.15, 0.2) is 6.20 Å². The van der Waals surface area contributed by atoms with Gasteiger partial charge in [-0.2, -0.15) is 0 Å². The van der Waals surface area contributed by atoms with E-state index in [1.165, 1.54) is 12.8 Å². The van der Waals surface area contributed by atoms with E-state index < -0.39 is 0 Å². The molecule has 1 aromatic rings. The monoisotopic (exact) mass is 212 g/mol. The van der Waals surface area contributed by atoms with Crippen molar-refractivity contribution in [1.29, 1.82) is 0 Å². The molecule has 0 bridgehead atoms. The van der Waals surface area contributed by atoms with Crippen molar-refractivity contribution in [2.75, 3.05) is 11.4 Å². The first-order valence-corrected chi connectivity index (χ1v) is 5.78. The maximum absolute atomic E-state index is 8.98. The fourth-order valence-electron chi connectivity index (χ4n) is 1.96. The number of thiazole rings is 1. The Morgan fingerprint density at radius 3 is 2.93 bits per heavy atom. The van der Waals surface area contributed by atoms with Gasteiger partial charge in [0.05, 0.1) is 11.5 Å². The SMILES string of the molecule is CC1(C)CCCN1c1ncc(CO)s1. The first-order valence-electron chi connectivity index (χ1n) is 4.97. The highest BCUT2D eigenvalue weighted by Crippen LogP contribution is 2.35. The molecule has 1 aromatic heterocycles. The van der Waals surface area contributed by atoms with E-state index in [0.717, 1.165) is 16.6 Å². The molecule has 2 heterocycles. The van der Waals surface area contributed by atoms with Gasteiger partial charge in [-0.25, -0.2) is 4.98 Å². The summed E-state index contributed by atoms with van der Waals surface area (Å²) in [5.74, 6) is 0. The molecule has 0 aromatic carbocycles. The highest BCUT2D eigenvalue weighted by atomic mass is 32.1. The highest BCUT2D eigenvalue weighted by Gasteiger charge is 2.33. The minimum absolute atomic E-state index is 0.103. The van der Waals surface area contributed by atoms with Gasteiger partial charge in [0.2, 0.25) is 0 Å². The molecule has 3 nitrogen and oxygen atoms in total. The number of aliphatic hydroxyl groups excluding tert-OH is 1. The average Bonchev–Trinajstić information content (AvgIpc) is 2.70. The number of aromatic nitrogens is 1. The Hall–Kier alpha value is -0.610. The first-order chi connectivity index (χ1) is 6.63. The molecule has 0 spiro atoms. The second kappa shape index (κ2) is 3.51. The van der Waals surface area contributed by atoms with Crippen LogP contribution in [0.3, 0.4) is 0 Å². The standard InChI is InChI=1S/C10H16N2OS/c1-10(2)4-3-5-12(10)9-11-6-8(7-13)14-9/h6,13H,3-5,7H2,1-2H3. The lowest BCUT2D eigenvalue weighted by molar-refractivity contribution is 0.285. The predicted molar refractivity (Wildman–Crippen MR) is 58.7 cm³/mol. The minimum atomic E-state index is 0.103. The predicted octanol–water partition coefficient (Wildman–Crippen LogP) is 2.01. The van der Waals surface area contributed by atoms with E-state index in [0.29, 0.717) is 0 Å². The zero-order chi connectivity index (χ0) is 10.2. The molecular formula is C10H16N2OS. The summed E-state index contributed by atoms with van der Waals surface area (Å²) in [7, 11) is 0. The summed E-state index contributed by atoms with van der Waals surface area (Å²) in [4.78, 5) is 7.64. The molecule has 1 saturated heterocycles. The number of hydrogen-bond donors (Lipinski definition) is 1. The normalized spacial score (nSPS) is 20.4. The zero-order valence-corrected chi connectivity index (χ0v) is 9.47. The van der Waals surface area contributed by atoms with Gasteiger partial charge in [0.1, 0.15) is 0 Å². The molecular weight excluding hydrogens is 196 g/mol. The van der Waals surface area contributed by atoms with E-state index in [-0.39, 0.29) is 12.1 Å². The van der Waals surface area contributed by atoms with Crippen LogP contribution in [-0.4, -0.2) is 22.2 Å². The molecule has 0 aliphatic carbocycles. The third-order valence-electron chi connectivity index (χ3n) is 2.83. The maximum atomic E-state index is 8.98. The smallest absolute Gasteiger partial charge is 0.186 e. The maximum Gasteiger partial charge on any atom is 0.186 e. The minimum Gasteiger partial charge on any atom is -0.391 e. The first kappa shape index (κ1) is 9.93. The second-order valence-electron chi connectivity index (χ2n) is 4.33. The lowest BCUT2D eigenvalue weighted by Gasteiger charge is -2.31. The quantitative estimate of drug-likeness (QED) is 0.814. The molecule has 14 heavy (non-hydrogen) atoms. The fourth-order valence-corrected chi connectivity index (χ4v) is 2.92. The molecule has 4 heteroatoms. The van der Waals surface area contributed by atoms with Crippen molar-refractivity contribution >= 4 is 16.5 Å². The van der Waals surface area contributed by atoms with Crippen LogP contribution in [0, 0.1) is 0 Å². The van der Waals surface area contributed by atoms with E-state index in [9.17, 15) is 0 Å². The van der Waals surface area contributed by atoms with Gasteiger partial charge in [0.25, 0.3) is 0 Å². The largest absolute Gasteiger partial charge is 0.391 e. The van der Waals surface area contributed by atoms with Gasteiger partial charge in [-0.05, 0) is 26.7 Å². The van der Waals surface area contributed by atoms with Gasteiger partial charge < -0.3 is 10.0 Å². The average molecular weight is 212 g/mol. The van der Waals surface area contributed by atoms with Crippen molar-refractivity contribution < 1.29 is 5.11 Å². The van der Waals surface area contributed by atoms with E-state index in [2.05, 4.69) is 23.7 Å². The Morgan fingerprint density at radius 1 is 1.64 bits per heavy atom. The van der Waals surface area contributed by atoms with Gasteiger partial charge in [0, 0.05) is 18.3 Å². The number of aliphatic hydroxyl groups is 1. The molecule has 1 aliphatic rings. The van der Waals surface area contributed by atoms with Gasteiger partial charge in [-0.1, -0.05) is 11.3 Å². The molecule has 0 amide bonds. The van der Waals surface area contributed by atoms with Crippen LogP contribution in [-0.2, 0) is 6.61 Å². The molecule has 1 fully saturated rings. The molecule has 78 valence electrons. The van der Waals surface area contributed by atoms with Crippen LogP contribution in [0.1, 0.15) is 31.6 Å². The summed E-state index contributed by atoms with van der Waals surface area (Å²) >= 11 is 1.60. The van der Waals surface area contributed by atoms with Crippen molar-refractivity contribution in [2.45, 2.75) is 38.8 Å². The molecule has 0 unspecified atom stereocenters. The topological polar surface area (TPSA) is 36.4 Å². The van der Waals surface area contributed by atoms with Crippen molar-refractivity contribution in [2.24, 2.45) is 0 Å². The van der Waals surface area contributed by atoms with Crippen LogP contribution >= 0.6 is 11.3 Å². The summed E-state index contributed by atoms with van der Waals surface area (Å²) in [5, 5.41) is 10.0. The van der Waals surface area contributed by atoms with E-state index in [4.69, 9.17) is 5.11 Å². The van der Waals surface area contributed by atoms with E-state index in [1.54, 1.807) is 17.5 Å². The van der Waals surface area contributed by atoms with Crippen molar-refractivity contribution in [3.8, 4) is 0 Å². The number of anilines is 1. The van der Waals surface area contributed by atoms with Crippen molar-refractivity contribution in [3.05, 3.63) is 11.1 Å². The summed E-state index contributed by atoms with van der Waals surface area (Å²) in [6.07, 6.45) is 4.23. The molecule has 0 radical (unpaired) electrons. The van der Waals surface area contributed by atoms with Gasteiger partial charge >= 0.3 is 0 Å². The number of rotatable bonds is 2. The number of hydrogen-bond acceptors (Lipinski definition) is 4. The van der Waals surface area contributed by atoms with Gasteiger partial charge in [-0.3, -0.25) is 0 Å². The van der Waals surface area contributed by atoms with E-state index >= 15 is 0 Å². The molecule has 0 atom stereocenters. The lowest BCUT2D eigenvalue weighted by Crippen LogP contribution is -2.37. The van der Waals surface area contributed by atoms with Crippen LogP contribution < -0.4 is 4.90 Å². The lowest BCUT2D eigenvalue weighted by atomic mass is 10.0. The van der Waals surface area contributed by atoms with Crippen LogP contribution in [0.4, 0.5) is 5.13 Å².